The van der Waals surface area contributed by atoms with Gasteiger partial charge in [0.2, 0.25) is 0 Å². The summed E-state index contributed by atoms with van der Waals surface area (Å²) in [5.74, 6) is -1.95. The van der Waals surface area contributed by atoms with Crippen LogP contribution < -0.4 is 10.6 Å². The number of nitrogens with zero attached hydrogens (tertiary/aromatic N) is 2. The summed E-state index contributed by atoms with van der Waals surface area (Å²) in [6.45, 7) is -0.992. The van der Waals surface area contributed by atoms with Crippen molar-refractivity contribution in [3.63, 3.8) is 0 Å². The van der Waals surface area contributed by atoms with Crippen molar-refractivity contribution >= 4 is 22.8 Å². The van der Waals surface area contributed by atoms with Gasteiger partial charge < -0.3 is 19.8 Å². The van der Waals surface area contributed by atoms with Crippen molar-refractivity contribution in [3.05, 3.63) is 107 Å². The maximum absolute atomic E-state index is 15.3. The Kier molecular flexibility index (Phi) is 8.78. The van der Waals surface area contributed by atoms with Gasteiger partial charge in [-0.3, -0.25) is 9.59 Å². The summed E-state index contributed by atoms with van der Waals surface area (Å²) in [7, 11) is 1.49. The quantitative estimate of drug-likeness (QED) is 0.156. The molecule has 242 valence electrons. The number of benzene rings is 3. The van der Waals surface area contributed by atoms with E-state index in [1.165, 1.54) is 55.8 Å². The second-order valence-electron chi connectivity index (χ2n) is 11.4. The topological polar surface area (TPSA) is 106 Å². The van der Waals surface area contributed by atoms with Gasteiger partial charge in [-0.2, -0.15) is 8.78 Å². The summed E-state index contributed by atoms with van der Waals surface area (Å²) in [5, 5.41) is 5.90. The number of rotatable bonds is 10. The highest BCUT2D eigenvalue weighted by Crippen LogP contribution is 2.43. The standard InChI is InChI=1S/C35H30F4N4O4/c1-3-5-20-15-28-26(29(32(45)40-2)30(47-28)19-6-9-22(36)10-7-19)16-24(20)21-8-11-27(37)25(14-21)31(44)43-35(33-41-12-4-13-42-33)17-23(18-35)46-34(38)39/h4,6-16,23,34H,3,5,17-18H2,1-2H3,(H,40,45)(H,43,44). The molecule has 1 fully saturated rings. The highest BCUT2D eigenvalue weighted by molar-refractivity contribution is 6.12. The molecule has 47 heavy (non-hydrogen) atoms. The van der Waals surface area contributed by atoms with Crippen molar-refractivity contribution in [2.45, 2.75) is 50.9 Å². The third-order valence-corrected chi connectivity index (χ3v) is 8.31. The summed E-state index contributed by atoms with van der Waals surface area (Å²) in [6, 6.07) is 14.9. The lowest BCUT2D eigenvalue weighted by Gasteiger charge is -2.46. The van der Waals surface area contributed by atoms with Crippen LogP contribution in [0.4, 0.5) is 17.6 Å². The predicted molar refractivity (Wildman–Crippen MR) is 166 cm³/mol. The molecule has 1 aliphatic rings. The van der Waals surface area contributed by atoms with Crippen LogP contribution in [0.5, 0.6) is 0 Å². The minimum absolute atomic E-state index is 0.0229. The Labute approximate surface area is 267 Å². The number of amides is 2. The molecule has 2 N–H and O–H groups in total. The number of carbonyl (C=O) groups excluding carboxylic acids is 2. The average Bonchev–Trinajstić information content (AvgIpc) is 3.42. The Balaban J connectivity index is 1.41. The van der Waals surface area contributed by atoms with E-state index in [2.05, 4.69) is 25.3 Å². The molecule has 1 aliphatic carbocycles. The summed E-state index contributed by atoms with van der Waals surface area (Å²) < 4.78 is 65.6. The van der Waals surface area contributed by atoms with Crippen molar-refractivity contribution < 1.29 is 36.3 Å². The highest BCUT2D eigenvalue weighted by Gasteiger charge is 2.50. The lowest BCUT2D eigenvalue weighted by molar-refractivity contribution is -0.198. The Hall–Kier alpha value is -5.10. The van der Waals surface area contributed by atoms with E-state index in [0.717, 1.165) is 12.0 Å². The van der Waals surface area contributed by atoms with E-state index in [-0.39, 0.29) is 35.6 Å². The van der Waals surface area contributed by atoms with Crippen LogP contribution in [-0.4, -0.2) is 41.5 Å². The fourth-order valence-corrected chi connectivity index (χ4v) is 6.08. The molecule has 12 heteroatoms. The molecule has 0 atom stereocenters. The van der Waals surface area contributed by atoms with E-state index in [0.29, 0.717) is 34.1 Å². The molecular weight excluding hydrogens is 616 g/mol. The van der Waals surface area contributed by atoms with Crippen LogP contribution >= 0.6 is 0 Å². The zero-order valence-corrected chi connectivity index (χ0v) is 25.5. The molecule has 1 saturated carbocycles. The van der Waals surface area contributed by atoms with Gasteiger partial charge in [-0.05, 0) is 77.7 Å². The third kappa shape index (κ3) is 6.20. The van der Waals surface area contributed by atoms with Gasteiger partial charge in [0.25, 0.3) is 11.8 Å². The zero-order chi connectivity index (χ0) is 33.3. The molecule has 0 radical (unpaired) electrons. The molecule has 0 saturated heterocycles. The predicted octanol–water partition coefficient (Wildman–Crippen LogP) is 7.17. The van der Waals surface area contributed by atoms with E-state index < -0.39 is 41.7 Å². The first-order chi connectivity index (χ1) is 22.6. The molecule has 8 nitrogen and oxygen atoms in total. The van der Waals surface area contributed by atoms with E-state index in [4.69, 9.17) is 4.42 Å². The lowest BCUT2D eigenvalue weighted by atomic mass is 9.73. The highest BCUT2D eigenvalue weighted by atomic mass is 19.3. The minimum atomic E-state index is -2.99. The van der Waals surface area contributed by atoms with Crippen LogP contribution in [0.25, 0.3) is 33.4 Å². The summed E-state index contributed by atoms with van der Waals surface area (Å²) in [6.07, 6.45) is 3.40. The van der Waals surface area contributed by atoms with Crippen LogP contribution in [0.2, 0.25) is 0 Å². The molecule has 0 aliphatic heterocycles. The van der Waals surface area contributed by atoms with Gasteiger partial charge >= 0.3 is 6.61 Å². The van der Waals surface area contributed by atoms with Crippen LogP contribution in [0.3, 0.4) is 0 Å². The van der Waals surface area contributed by atoms with Crippen molar-refractivity contribution in [1.29, 1.82) is 0 Å². The number of halogens is 4. The summed E-state index contributed by atoms with van der Waals surface area (Å²) >= 11 is 0. The summed E-state index contributed by atoms with van der Waals surface area (Å²) in [4.78, 5) is 35.2. The monoisotopic (exact) mass is 646 g/mol. The Morgan fingerprint density at radius 2 is 1.70 bits per heavy atom. The fourth-order valence-electron chi connectivity index (χ4n) is 6.08. The normalized spacial score (nSPS) is 17.5. The number of hydrogen-bond donors (Lipinski definition) is 2. The maximum Gasteiger partial charge on any atom is 0.345 e. The second-order valence-corrected chi connectivity index (χ2v) is 11.4. The number of ether oxygens (including phenoxy) is 1. The number of aryl methyl sites for hydroxylation is 1. The molecular formula is C35H30F4N4O4. The maximum atomic E-state index is 15.3. The lowest BCUT2D eigenvalue weighted by Crippen LogP contribution is -2.58. The number of alkyl halides is 2. The van der Waals surface area contributed by atoms with E-state index in [9.17, 15) is 22.8 Å². The number of carbonyl (C=O) groups is 2. The molecule has 3 aromatic carbocycles. The number of aromatic nitrogens is 2. The Morgan fingerprint density at radius 3 is 2.36 bits per heavy atom. The van der Waals surface area contributed by atoms with Gasteiger partial charge in [0.15, 0.2) is 5.82 Å². The summed E-state index contributed by atoms with van der Waals surface area (Å²) in [5.41, 5.74) is 1.67. The third-order valence-electron chi connectivity index (χ3n) is 8.31. The number of fused-ring (bicyclic) bond motifs is 1. The van der Waals surface area contributed by atoms with E-state index >= 15 is 4.39 Å². The second kappa shape index (κ2) is 13.0. The first kappa shape index (κ1) is 31.9. The molecule has 2 aromatic heterocycles. The zero-order valence-electron chi connectivity index (χ0n) is 25.5. The SMILES string of the molecule is CCCc1cc2oc(-c3ccc(F)cc3)c(C(=O)NC)c2cc1-c1ccc(F)c(C(=O)NC2(c3ncccn3)CC(OC(F)F)C2)c1. The van der Waals surface area contributed by atoms with Gasteiger partial charge in [-0.25, -0.2) is 18.7 Å². The van der Waals surface area contributed by atoms with Crippen LogP contribution in [0.1, 0.15) is 58.3 Å². The van der Waals surface area contributed by atoms with Crippen molar-refractivity contribution in [2.75, 3.05) is 7.05 Å². The van der Waals surface area contributed by atoms with Crippen LogP contribution in [0.15, 0.2) is 77.5 Å². The molecule has 5 aromatic rings. The van der Waals surface area contributed by atoms with Crippen LogP contribution in [0, 0.1) is 11.6 Å². The molecule has 2 amide bonds. The van der Waals surface area contributed by atoms with Crippen molar-refractivity contribution in [2.24, 2.45) is 0 Å². The average molecular weight is 647 g/mol. The number of nitrogens with one attached hydrogen (secondary N) is 2. The Morgan fingerprint density at radius 1 is 1.00 bits per heavy atom. The molecule has 0 bridgehead atoms. The van der Waals surface area contributed by atoms with Gasteiger partial charge in [0.1, 0.15) is 28.5 Å². The van der Waals surface area contributed by atoms with Gasteiger partial charge in [-0.1, -0.05) is 19.4 Å². The smallest absolute Gasteiger partial charge is 0.345 e. The molecule has 0 unspecified atom stereocenters. The Bertz CT molecular complexity index is 1940. The molecule has 0 spiro atoms. The van der Waals surface area contributed by atoms with Gasteiger partial charge in [0, 0.05) is 43.2 Å². The van der Waals surface area contributed by atoms with E-state index in [1.54, 1.807) is 18.2 Å². The molecule has 2 heterocycles. The van der Waals surface area contributed by atoms with Gasteiger partial charge in [-0.15, -0.1) is 0 Å². The van der Waals surface area contributed by atoms with Gasteiger partial charge in [0.05, 0.1) is 17.2 Å². The van der Waals surface area contributed by atoms with E-state index in [1.807, 2.05) is 13.0 Å². The molecule has 6 rings (SSSR count). The first-order valence-corrected chi connectivity index (χ1v) is 15.0. The number of hydrogen-bond acceptors (Lipinski definition) is 6. The largest absolute Gasteiger partial charge is 0.455 e. The number of furan rings is 1. The van der Waals surface area contributed by atoms with Crippen LogP contribution in [-0.2, 0) is 16.7 Å². The fraction of sp³-hybridized carbons (Fsp3) is 0.257. The first-order valence-electron chi connectivity index (χ1n) is 15.0. The minimum Gasteiger partial charge on any atom is -0.455 e. The van der Waals surface area contributed by atoms with Crippen molar-refractivity contribution in [3.8, 4) is 22.5 Å². The van der Waals surface area contributed by atoms with Crippen molar-refractivity contribution in [1.82, 2.24) is 20.6 Å².